The van der Waals surface area contributed by atoms with Gasteiger partial charge in [0.1, 0.15) is 11.5 Å². The van der Waals surface area contributed by atoms with Crippen molar-refractivity contribution >= 4 is 38.6 Å². The van der Waals surface area contributed by atoms with Crippen molar-refractivity contribution in [2.24, 2.45) is 0 Å². The standard InChI is InChI=1S/C16H15BrO5/c1-4-21-16(19)10-5-12-13(15(6-10)22-9(2)18)7-11(17)8-14(12)20-3/h5-8H,4H2,1-3H3. The Bertz CT molecular complexity index is 739. The van der Waals surface area contributed by atoms with E-state index in [1.54, 1.807) is 25.1 Å². The van der Waals surface area contributed by atoms with Gasteiger partial charge in [0, 0.05) is 22.2 Å². The van der Waals surface area contributed by atoms with E-state index in [0.29, 0.717) is 22.1 Å². The molecule has 2 aromatic rings. The van der Waals surface area contributed by atoms with Gasteiger partial charge in [-0.3, -0.25) is 4.79 Å². The minimum absolute atomic E-state index is 0.261. The molecule has 0 aliphatic rings. The normalized spacial score (nSPS) is 10.4. The number of carbonyl (C=O) groups is 2. The molecule has 22 heavy (non-hydrogen) atoms. The van der Waals surface area contributed by atoms with E-state index >= 15 is 0 Å². The van der Waals surface area contributed by atoms with Crippen molar-refractivity contribution in [2.45, 2.75) is 13.8 Å². The maximum Gasteiger partial charge on any atom is 0.338 e. The van der Waals surface area contributed by atoms with Crippen molar-refractivity contribution in [3.63, 3.8) is 0 Å². The Morgan fingerprint density at radius 3 is 2.36 bits per heavy atom. The first-order chi connectivity index (χ1) is 10.5. The summed E-state index contributed by atoms with van der Waals surface area (Å²) in [5.41, 5.74) is 0.297. The summed E-state index contributed by atoms with van der Waals surface area (Å²) in [4.78, 5) is 23.3. The van der Waals surface area contributed by atoms with E-state index in [2.05, 4.69) is 15.9 Å². The van der Waals surface area contributed by atoms with Gasteiger partial charge < -0.3 is 14.2 Å². The molecule has 0 amide bonds. The molecule has 0 saturated heterocycles. The molecule has 2 aromatic carbocycles. The monoisotopic (exact) mass is 366 g/mol. The molecule has 0 atom stereocenters. The number of halogens is 1. The average molecular weight is 367 g/mol. The Balaban J connectivity index is 2.73. The lowest BCUT2D eigenvalue weighted by molar-refractivity contribution is -0.131. The molecule has 0 radical (unpaired) electrons. The van der Waals surface area contributed by atoms with Crippen LogP contribution in [0.2, 0.25) is 0 Å². The molecule has 0 aliphatic heterocycles. The fourth-order valence-corrected chi connectivity index (χ4v) is 2.54. The van der Waals surface area contributed by atoms with Crippen LogP contribution in [-0.4, -0.2) is 25.7 Å². The fraction of sp³-hybridized carbons (Fsp3) is 0.250. The molecule has 0 saturated carbocycles. The van der Waals surface area contributed by atoms with Gasteiger partial charge in [-0.05, 0) is 31.2 Å². The zero-order valence-electron chi connectivity index (χ0n) is 12.4. The second-order valence-corrected chi connectivity index (χ2v) is 5.41. The summed E-state index contributed by atoms with van der Waals surface area (Å²) in [7, 11) is 1.53. The number of hydrogen-bond donors (Lipinski definition) is 0. The summed E-state index contributed by atoms with van der Waals surface area (Å²) in [6.07, 6.45) is 0. The maximum atomic E-state index is 12.0. The number of benzene rings is 2. The second kappa shape index (κ2) is 6.79. The molecule has 116 valence electrons. The van der Waals surface area contributed by atoms with Gasteiger partial charge in [-0.15, -0.1) is 0 Å². The van der Waals surface area contributed by atoms with Gasteiger partial charge in [-0.25, -0.2) is 4.79 Å². The highest BCUT2D eigenvalue weighted by Crippen LogP contribution is 2.37. The number of esters is 2. The van der Waals surface area contributed by atoms with Crippen LogP contribution in [0.4, 0.5) is 0 Å². The first-order valence-electron chi connectivity index (χ1n) is 6.63. The number of rotatable bonds is 4. The summed E-state index contributed by atoms with van der Waals surface area (Å²) in [5.74, 6) is -0.111. The zero-order valence-corrected chi connectivity index (χ0v) is 14.0. The predicted molar refractivity (Wildman–Crippen MR) is 85.5 cm³/mol. The zero-order chi connectivity index (χ0) is 16.3. The lowest BCUT2D eigenvalue weighted by Crippen LogP contribution is -2.07. The van der Waals surface area contributed by atoms with E-state index in [0.717, 1.165) is 4.47 Å². The van der Waals surface area contributed by atoms with Crippen molar-refractivity contribution in [2.75, 3.05) is 13.7 Å². The van der Waals surface area contributed by atoms with Gasteiger partial charge in [0.2, 0.25) is 0 Å². The summed E-state index contributed by atoms with van der Waals surface area (Å²) in [6.45, 7) is 3.29. The topological polar surface area (TPSA) is 61.8 Å². The van der Waals surface area contributed by atoms with Crippen LogP contribution in [0.5, 0.6) is 11.5 Å². The van der Waals surface area contributed by atoms with Gasteiger partial charge in [-0.2, -0.15) is 0 Å². The molecular formula is C16H15BrO5. The van der Waals surface area contributed by atoms with E-state index in [4.69, 9.17) is 14.2 Å². The van der Waals surface area contributed by atoms with Gasteiger partial charge in [-0.1, -0.05) is 15.9 Å². The summed E-state index contributed by atoms with van der Waals surface area (Å²) >= 11 is 3.38. The van der Waals surface area contributed by atoms with Gasteiger partial charge in [0.25, 0.3) is 0 Å². The van der Waals surface area contributed by atoms with Gasteiger partial charge in [0.05, 0.1) is 19.3 Å². The summed E-state index contributed by atoms with van der Waals surface area (Å²) in [5, 5.41) is 1.32. The lowest BCUT2D eigenvalue weighted by atomic mass is 10.0. The molecule has 0 heterocycles. The maximum absolute atomic E-state index is 12.0. The molecule has 0 fully saturated rings. The van der Waals surface area contributed by atoms with Crippen LogP contribution >= 0.6 is 15.9 Å². The highest BCUT2D eigenvalue weighted by atomic mass is 79.9. The minimum Gasteiger partial charge on any atom is -0.496 e. The van der Waals surface area contributed by atoms with Crippen molar-refractivity contribution < 1.29 is 23.8 Å². The number of fused-ring (bicyclic) bond motifs is 1. The van der Waals surface area contributed by atoms with E-state index in [1.807, 2.05) is 0 Å². The quantitative estimate of drug-likeness (QED) is 0.609. The Morgan fingerprint density at radius 2 is 1.77 bits per heavy atom. The van der Waals surface area contributed by atoms with Gasteiger partial charge >= 0.3 is 11.9 Å². The van der Waals surface area contributed by atoms with Crippen molar-refractivity contribution in [3.8, 4) is 11.5 Å². The van der Waals surface area contributed by atoms with Crippen molar-refractivity contribution in [1.29, 1.82) is 0 Å². The highest BCUT2D eigenvalue weighted by molar-refractivity contribution is 9.10. The highest BCUT2D eigenvalue weighted by Gasteiger charge is 2.16. The van der Waals surface area contributed by atoms with Gasteiger partial charge in [0.15, 0.2) is 0 Å². The van der Waals surface area contributed by atoms with Crippen LogP contribution in [0.1, 0.15) is 24.2 Å². The smallest absolute Gasteiger partial charge is 0.338 e. The second-order valence-electron chi connectivity index (χ2n) is 4.49. The molecule has 2 rings (SSSR count). The largest absolute Gasteiger partial charge is 0.496 e. The van der Waals surface area contributed by atoms with Crippen LogP contribution < -0.4 is 9.47 Å². The fourth-order valence-electron chi connectivity index (χ4n) is 2.10. The number of ether oxygens (including phenoxy) is 3. The molecule has 0 spiro atoms. The van der Waals surface area contributed by atoms with Crippen molar-refractivity contribution in [3.05, 3.63) is 34.3 Å². The van der Waals surface area contributed by atoms with Crippen LogP contribution in [0.25, 0.3) is 10.8 Å². The molecule has 0 aliphatic carbocycles. The first-order valence-corrected chi connectivity index (χ1v) is 7.42. The number of carbonyl (C=O) groups excluding carboxylic acids is 2. The Hall–Kier alpha value is -2.08. The summed E-state index contributed by atoms with van der Waals surface area (Å²) in [6, 6.07) is 6.72. The molecule has 0 unspecified atom stereocenters. The van der Waals surface area contributed by atoms with Crippen LogP contribution in [0, 0.1) is 0 Å². The molecule has 6 heteroatoms. The Morgan fingerprint density at radius 1 is 1.09 bits per heavy atom. The molecule has 5 nitrogen and oxygen atoms in total. The average Bonchev–Trinajstić information content (AvgIpc) is 2.46. The Kier molecular flexibility index (Phi) is 5.03. The third-order valence-electron chi connectivity index (χ3n) is 2.94. The van der Waals surface area contributed by atoms with E-state index in [9.17, 15) is 9.59 Å². The molecular weight excluding hydrogens is 352 g/mol. The number of methoxy groups -OCH3 is 1. The first kappa shape index (κ1) is 16.3. The lowest BCUT2D eigenvalue weighted by Gasteiger charge is -2.12. The number of hydrogen-bond acceptors (Lipinski definition) is 5. The van der Waals surface area contributed by atoms with Crippen LogP contribution in [0.15, 0.2) is 28.7 Å². The molecule has 0 bridgehead atoms. The van der Waals surface area contributed by atoms with E-state index in [1.165, 1.54) is 20.1 Å². The minimum atomic E-state index is -0.484. The van der Waals surface area contributed by atoms with Crippen LogP contribution in [-0.2, 0) is 9.53 Å². The SMILES string of the molecule is CCOC(=O)c1cc(OC(C)=O)c2cc(Br)cc(OC)c2c1. The molecule has 0 aromatic heterocycles. The summed E-state index contributed by atoms with van der Waals surface area (Å²) < 4.78 is 16.3. The van der Waals surface area contributed by atoms with Crippen molar-refractivity contribution in [1.82, 2.24) is 0 Å². The van der Waals surface area contributed by atoms with E-state index in [-0.39, 0.29) is 12.4 Å². The third-order valence-corrected chi connectivity index (χ3v) is 3.40. The Labute approximate surface area is 136 Å². The molecule has 0 N–H and O–H groups in total. The van der Waals surface area contributed by atoms with E-state index < -0.39 is 11.9 Å². The van der Waals surface area contributed by atoms with Crippen LogP contribution in [0.3, 0.4) is 0 Å². The third kappa shape index (κ3) is 3.39. The predicted octanol–water partition coefficient (Wildman–Crippen LogP) is 3.71.